The minimum Gasteiger partial charge on any atom is -0.399 e. The number of rotatable bonds is 4. The van der Waals surface area contributed by atoms with Gasteiger partial charge in [-0.05, 0) is 25.1 Å². The number of halogens is 1. The number of nitrogen functional groups attached to an aromatic ring is 1. The third-order valence-corrected chi connectivity index (χ3v) is 2.38. The molecule has 1 aromatic carbocycles. The van der Waals surface area contributed by atoms with Crippen LogP contribution in [-0.2, 0) is 0 Å². The smallest absolute Gasteiger partial charge is 0.256 e. The van der Waals surface area contributed by atoms with Crippen molar-refractivity contribution < 1.29 is 9.18 Å². The monoisotopic (exact) mass is 235 g/mol. The lowest BCUT2D eigenvalue weighted by Crippen LogP contribution is -2.32. The van der Waals surface area contributed by atoms with Crippen LogP contribution < -0.4 is 5.73 Å². The Labute approximate surface area is 99.4 Å². The van der Waals surface area contributed by atoms with E-state index < -0.39 is 11.7 Å². The first-order chi connectivity index (χ1) is 8.10. The minimum atomic E-state index is -0.598. The number of carbonyl (C=O) groups is 1. The van der Waals surface area contributed by atoms with E-state index in [-0.39, 0.29) is 12.0 Å². The van der Waals surface area contributed by atoms with Gasteiger partial charge in [0.05, 0.1) is 18.1 Å². The Morgan fingerprint density at radius 1 is 1.59 bits per heavy atom. The molecule has 0 atom stereocenters. The molecule has 17 heavy (non-hydrogen) atoms. The Kier molecular flexibility index (Phi) is 4.46. The van der Waals surface area contributed by atoms with Gasteiger partial charge in [0.15, 0.2) is 0 Å². The molecule has 5 heteroatoms. The first-order valence-corrected chi connectivity index (χ1v) is 5.31. The normalized spacial score (nSPS) is 9.71. The Bertz CT molecular complexity index is 454. The maximum Gasteiger partial charge on any atom is 0.256 e. The number of hydrogen-bond acceptors (Lipinski definition) is 3. The summed E-state index contributed by atoms with van der Waals surface area (Å²) in [6, 6.07) is 5.83. The van der Waals surface area contributed by atoms with E-state index >= 15 is 0 Å². The fourth-order valence-corrected chi connectivity index (χ4v) is 1.47. The lowest BCUT2D eigenvalue weighted by Gasteiger charge is -2.19. The molecule has 0 radical (unpaired) electrons. The van der Waals surface area contributed by atoms with E-state index in [4.69, 9.17) is 11.0 Å². The van der Waals surface area contributed by atoms with Gasteiger partial charge >= 0.3 is 0 Å². The number of anilines is 1. The van der Waals surface area contributed by atoms with E-state index in [9.17, 15) is 9.18 Å². The number of amides is 1. The van der Waals surface area contributed by atoms with Crippen LogP contribution >= 0.6 is 0 Å². The molecule has 2 N–H and O–H groups in total. The van der Waals surface area contributed by atoms with Crippen molar-refractivity contribution in [2.45, 2.75) is 13.3 Å². The average Bonchev–Trinajstić information content (AvgIpc) is 2.33. The Morgan fingerprint density at radius 2 is 2.29 bits per heavy atom. The van der Waals surface area contributed by atoms with Crippen LogP contribution in [-0.4, -0.2) is 23.9 Å². The van der Waals surface area contributed by atoms with Gasteiger partial charge in [-0.3, -0.25) is 4.79 Å². The summed E-state index contributed by atoms with van der Waals surface area (Å²) >= 11 is 0. The van der Waals surface area contributed by atoms with Gasteiger partial charge in [0.1, 0.15) is 5.82 Å². The SMILES string of the molecule is CCN(CCC#N)C(=O)c1cc(N)ccc1F. The Hall–Kier alpha value is -2.09. The topological polar surface area (TPSA) is 70.1 Å². The zero-order valence-corrected chi connectivity index (χ0v) is 9.61. The quantitative estimate of drug-likeness (QED) is 0.809. The molecule has 0 saturated heterocycles. The highest BCUT2D eigenvalue weighted by Crippen LogP contribution is 2.14. The van der Waals surface area contributed by atoms with E-state index in [0.717, 1.165) is 0 Å². The van der Waals surface area contributed by atoms with Crippen LogP contribution in [0.5, 0.6) is 0 Å². The Balaban J connectivity index is 2.94. The third kappa shape index (κ3) is 3.18. The highest BCUT2D eigenvalue weighted by molar-refractivity contribution is 5.95. The second-order valence-corrected chi connectivity index (χ2v) is 3.53. The number of nitrogens with two attached hydrogens (primary N) is 1. The fraction of sp³-hybridized carbons (Fsp3) is 0.333. The molecular formula is C12H14FN3O. The molecule has 0 aliphatic rings. The third-order valence-electron chi connectivity index (χ3n) is 2.38. The molecule has 0 bridgehead atoms. The molecule has 0 saturated carbocycles. The predicted octanol–water partition coefficient (Wildman–Crippen LogP) is 1.78. The van der Waals surface area contributed by atoms with E-state index in [1.165, 1.54) is 23.1 Å². The summed E-state index contributed by atoms with van der Waals surface area (Å²) in [6.07, 6.45) is 0.226. The summed E-state index contributed by atoms with van der Waals surface area (Å²) in [5.74, 6) is -1.04. The molecule has 1 amide bonds. The average molecular weight is 235 g/mol. The molecule has 0 aliphatic carbocycles. The van der Waals surface area contributed by atoms with Gasteiger partial charge in [0, 0.05) is 18.8 Å². The lowest BCUT2D eigenvalue weighted by atomic mass is 10.1. The van der Waals surface area contributed by atoms with Crippen molar-refractivity contribution in [2.75, 3.05) is 18.8 Å². The largest absolute Gasteiger partial charge is 0.399 e. The van der Waals surface area contributed by atoms with Crippen molar-refractivity contribution in [2.24, 2.45) is 0 Å². The summed E-state index contributed by atoms with van der Waals surface area (Å²) < 4.78 is 13.5. The standard InChI is InChI=1S/C12H14FN3O/c1-2-16(7-3-6-14)12(17)10-8-9(15)4-5-11(10)13/h4-5,8H,2-3,7,15H2,1H3. The van der Waals surface area contributed by atoms with E-state index in [2.05, 4.69) is 0 Å². The van der Waals surface area contributed by atoms with Crippen LogP contribution in [0, 0.1) is 17.1 Å². The van der Waals surface area contributed by atoms with Crippen molar-refractivity contribution in [1.29, 1.82) is 5.26 Å². The van der Waals surface area contributed by atoms with Gasteiger partial charge in [0.2, 0.25) is 0 Å². The van der Waals surface area contributed by atoms with Crippen molar-refractivity contribution in [3.05, 3.63) is 29.6 Å². The van der Waals surface area contributed by atoms with Crippen LogP contribution in [0.25, 0.3) is 0 Å². The number of hydrogen-bond donors (Lipinski definition) is 1. The summed E-state index contributed by atoms with van der Waals surface area (Å²) in [4.78, 5) is 13.4. The second kappa shape index (κ2) is 5.85. The van der Waals surface area contributed by atoms with Crippen LogP contribution in [0.1, 0.15) is 23.7 Å². The maximum absolute atomic E-state index is 13.5. The molecule has 0 aliphatic heterocycles. The highest BCUT2D eigenvalue weighted by Gasteiger charge is 2.17. The van der Waals surface area contributed by atoms with Crippen LogP contribution in [0.4, 0.5) is 10.1 Å². The van der Waals surface area contributed by atoms with Crippen LogP contribution in [0.2, 0.25) is 0 Å². The van der Waals surface area contributed by atoms with Gasteiger partial charge in [0.25, 0.3) is 5.91 Å². The fourth-order valence-electron chi connectivity index (χ4n) is 1.47. The van der Waals surface area contributed by atoms with Gasteiger partial charge in [-0.2, -0.15) is 5.26 Å². The second-order valence-electron chi connectivity index (χ2n) is 3.53. The Morgan fingerprint density at radius 3 is 2.88 bits per heavy atom. The zero-order valence-electron chi connectivity index (χ0n) is 9.61. The molecule has 0 spiro atoms. The van der Waals surface area contributed by atoms with Gasteiger partial charge in [-0.25, -0.2) is 4.39 Å². The molecule has 0 unspecified atom stereocenters. The van der Waals surface area contributed by atoms with Crippen molar-refractivity contribution >= 4 is 11.6 Å². The van der Waals surface area contributed by atoms with E-state index in [0.29, 0.717) is 18.8 Å². The number of nitriles is 1. The van der Waals surface area contributed by atoms with Crippen LogP contribution in [0.3, 0.4) is 0 Å². The maximum atomic E-state index is 13.5. The number of benzene rings is 1. The highest BCUT2D eigenvalue weighted by atomic mass is 19.1. The first-order valence-electron chi connectivity index (χ1n) is 5.31. The summed E-state index contributed by atoms with van der Waals surface area (Å²) in [5, 5.41) is 8.48. The zero-order chi connectivity index (χ0) is 12.8. The van der Waals surface area contributed by atoms with Gasteiger partial charge in [-0.1, -0.05) is 0 Å². The molecule has 0 aromatic heterocycles. The van der Waals surface area contributed by atoms with Crippen LogP contribution in [0.15, 0.2) is 18.2 Å². The first kappa shape index (κ1) is 13.0. The number of nitrogens with zero attached hydrogens (tertiary/aromatic N) is 2. The molecule has 90 valence electrons. The molecule has 4 nitrogen and oxygen atoms in total. The molecule has 1 rings (SSSR count). The lowest BCUT2D eigenvalue weighted by molar-refractivity contribution is 0.0763. The molecule has 0 fully saturated rings. The van der Waals surface area contributed by atoms with Crippen molar-refractivity contribution in [1.82, 2.24) is 4.90 Å². The van der Waals surface area contributed by atoms with Gasteiger partial charge < -0.3 is 10.6 Å². The number of carbonyl (C=O) groups excluding carboxylic acids is 1. The molecular weight excluding hydrogens is 221 g/mol. The van der Waals surface area contributed by atoms with Crippen molar-refractivity contribution in [3.63, 3.8) is 0 Å². The predicted molar refractivity (Wildman–Crippen MR) is 62.6 cm³/mol. The summed E-state index contributed by atoms with van der Waals surface area (Å²) in [5.41, 5.74) is 5.81. The van der Waals surface area contributed by atoms with Gasteiger partial charge in [-0.15, -0.1) is 0 Å². The molecule has 1 aromatic rings. The van der Waals surface area contributed by atoms with E-state index in [1.54, 1.807) is 6.92 Å². The summed E-state index contributed by atoms with van der Waals surface area (Å²) in [6.45, 7) is 2.49. The van der Waals surface area contributed by atoms with E-state index in [1.807, 2.05) is 6.07 Å². The van der Waals surface area contributed by atoms with Crippen molar-refractivity contribution in [3.8, 4) is 6.07 Å². The summed E-state index contributed by atoms with van der Waals surface area (Å²) in [7, 11) is 0. The molecule has 0 heterocycles. The minimum absolute atomic E-state index is 0.0511.